The fourth-order valence-corrected chi connectivity index (χ4v) is 4.60. The second-order valence-electron chi connectivity index (χ2n) is 6.68. The third-order valence-corrected chi connectivity index (χ3v) is 6.14. The molecule has 1 saturated heterocycles. The summed E-state index contributed by atoms with van der Waals surface area (Å²) in [5.41, 5.74) is 0.194. The first-order valence-electron chi connectivity index (χ1n) is 9.22. The van der Waals surface area contributed by atoms with Crippen molar-refractivity contribution in [3.8, 4) is 0 Å². The van der Waals surface area contributed by atoms with Crippen molar-refractivity contribution in [1.82, 2.24) is 10.2 Å². The first-order valence-corrected chi connectivity index (χ1v) is 10.4. The molecule has 1 heterocycles. The Labute approximate surface area is 173 Å². The Kier molecular flexibility index (Phi) is 6.93. The number of nitrogens with zero attached hydrogens (tertiary/aromatic N) is 2. The smallest absolute Gasteiger partial charge is 0.284 e. The van der Waals surface area contributed by atoms with Crippen LogP contribution in [0.15, 0.2) is 52.3 Å². The summed E-state index contributed by atoms with van der Waals surface area (Å²) in [6.07, 6.45) is 3.33. The van der Waals surface area contributed by atoms with E-state index in [1.54, 1.807) is 30.3 Å². The van der Waals surface area contributed by atoms with Crippen LogP contribution in [0.1, 0.15) is 36.5 Å². The number of benzene rings is 2. The SMILES string of the molecule is CC[C@@H]1CCCN1CNC(=O)c1ccc(Sc2cccc(Cl)c2)c([N+](=O)[O-])c1. The van der Waals surface area contributed by atoms with Gasteiger partial charge in [0.15, 0.2) is 0 Å². The van der Waals surface area contributed by atoms with E-state index in [4.69, 9.17) is 11.6 Å². The van der Waals surface area contributed by atoms with Crippen molar-refractivity contribution in [3.05, 3.63) is 63.2 Å². The molecule has 0 radical (unpaired) electrons. The fourth-order valence-electron chi connectivity index (χ4n) is 3.39. The van der Waals surface area contributed by atoms with Gasteiger partial charge >= 0.3 is 0 Å². The standard InChI is InChI=1S/C20H22ClN3O3S/c1-2-16-6-4-10-23(16)13-22-20(25)14-8-9-19(18(11-14)24(26)27)28-17-7-3-5-15(21)12-17/h3,5,7-9,11-12,16H,2,4,6,10,13H2,1H3,(H,22,25)/t16-/m1/s1. The highest BCUT2D eigenvalue weighted by Crippen LogP contribution is 2.36. The van der Waals surface area contributed by atoms with E-state index in [0.29, 0.717) is 22.6 Å². The van der Waals surface area contributed by atoms with Gasteiger partial charge in [0.05, 0.1) is 16.5 Å². The van der Waals surface area contributed by atoms with Gasteiger partial charge in [-0.25, -0.2) is 0 Å². The van der Waals surface area contributed by atoms with Crippen LogP contribution in [0.4, 0.5) is 5.69 Å². The van der Waals surface area contributed by atoms with Gasteiger partial charge in [0, 0.05) is 34.1 Å². The lowest BCUT2D eigenvalue weighted by atomic mass is 10.2. The molecule has 0 bridgehead atoms. The molecule has 1 atom stereocenters. The minimum Gasteiger partial charge on any atom is -0.339 e. The van der Waals surface area contributed by atoms with Gasteiger partial charge in [-0.1, -0.05) is 36.4 Å². The molecule has 1 aliphatic rings. The number of hydrogen-bond acceptors (Lipinski definition) is 5. The van der Waals surface area contributed by atoms with Crippen LogP contribution in [0, 0.1) is 10.1 Å². The van der Waals surface area contributed by atoms with E-state index in [2.05, 4.69) is 17.1 Å². The summed E-state index contributed by atoms with van der Waals surface area (Å²) in [5, 5.41) is 15.0. The van der Waals surface area contributed by atoms with E-state index in [0.717, 1.165) is 30.7 Å². The van der Waals surface area contributed by atoms with E-state index < -0.39 is 4.92 Å². The number of nitrogens with one attached hydrogen (secondary N) is 1. The zero-order valence-electron chi connectivity index (χ0n) is 15.6. The largest absolute Gasteiger partial charge is 0.339 e. The molecule has 1 amide bonds. The van der Waals surface area contributed by atoms with Crippen LogP contribution in [-0.4, -0.2) is 35.0 Å². The Hall–Kier alpha value is -2.09. The Balaban J connectivity index is 1.72. The number of nitro benzene ring substituents is 1. The maximum absolute atomic E-state index is 12.5. The quantitative estimate of drug-likeness (QED) is 0.507. The molecule has 0 aromatic heterocycles. The van der Waals surface area contributed by atoms with E-state index in [9.17, 15) is 14.9 Å². The van der Waals surface area contributed by atoms with E-state index >= 15 is 0 Å². The number of hydrogen-bond donors (Lipinski definition) is 1. The minimum atomic E-state index is -0.461. The summed E-state index contributed by atoms with van der Waals surface area (Å²) in [6.45, 7) is 3.57. The van der Waals surface area contributed by atoms with Crippen molar-refractivity contribution in [2.75, 3.05) is 13.2 Å². The van der Waals surface area contributed by atoms with E-state index in [1.165, 1.54) is 17.8 Å². The van der Waals surface area contributed by atoms with E-state index in [-0.39, 0.29) is 17.2 Å². The van der Waals surface area contributed by atoms with Crippen LogP contribution in [0.5, 0.6) is 0 Å². The van der Waals surface area contributed by atoms with Gasteiger partial charge in [0.25, 0.3) is 11.6 Å². The second-order valence-corrected chi connectivity index (χ2v) is 8.23. The average molecular weight is 420 g/mol. The number of likely N-dealkylation sites (tertiary alicyclic amines) is 1. The molecule has 0 unspecified atom stereocenters. The molecule has 1 aliphatic heterocycles. The number of amides is 1. The highest BCUT2D eigenvalue weighted by atomic mass is 35.5. The van der Waals surface area contributed by atoms with Gasteiger partial charge in [-0.05, 0) is 49.6 Å². The summed E-state index contributed by atoms with van der Waals surface area (Å²) in [7, 11) is 0. The molecular weight excluding hydrogens is 398 g/mol. The van der Waals surface area contributed by atoms with Crippen LogP contribution in [0.3, 0.4) is 0 Å². The Morgan fingerprint density at radius 1 is 1.36 bits per heavy atom. The highest BCUT2D eigenvalue weighted by molar-refractivity contribution is 7.99. The summed E-state index contributed by atoms with van der Waals surface area (Å²) in [6, 6.07) is 12.2. The number of nitro groups is 1. The predicted molar refractivity (Wildman–Crippen MR) is 111 cm³/mol. The fraction of sp³-hybridized carbons (Fsp3) is 0.350. The third kappa shape index (κ3) is 5.04. The minimum absolute atomic E-state index is 0.0924. The van der Waals surface area contributed by atoms with E-state index in [1.807, 2.05) is 6.07 Å². The lowest BCUT2D eigenvalue weighted by molar-refractivity contribution is -0.387. The van der Waals surface area contributed by atoms with Gasteiger partial charge in [0.1, 0.15) is 0 Å². The van der Waals surface area contributed by atoms with Crippen LogP contribution < -0.4 is 5.32 Å². The Bertz CT molecular complexity index is 878. The summed E-state index contributed by atoms with van der Waals surface area (Å²) in [4.78, 5) is 27.1. The number of carbonyl (C=O) groups is 1. The molecule has 28 heavy (non-hydrogen) atoms. The first kappa shape index (κ1) is 20.6. The first-order chi connectivity index (χ1) is 13.5. The molecule has 6 nitrogen and oxygen atoms in total. The van der Waals surface area contributed by atoms with Gasteiger partial charge in [-0.15, -0.1) is 0 Å². The zero-order chi connectivity index (χ0) is 20.1. The molecule has 148 valence electrons. The molecule has 1 N–H and O–H groups in total. The van der Waals surface area contributed by atoms with Crippen molar-refractivity contribution in [2.45, 2.75) is 42.0 Å². The molecule has 2 aromatic carbocycles. The molecule has 1 fully saturated rings. The van der Waals surface area contributed by atoms with Gasteiger partial charge in [-0.3, -0.25) is 19.8 Å². The third-order valence-electron chi connectivity index (χ3n) is 4.85. The maximum atomic E-state index is 12.5. The van der Waals surface area contributed by atoms with Gasteiger partial charge < -0.3 is 5.32 Å². The predicted octanol–water partition coefficient (Wildman–Crippen LogP) is 4.96. The monoisotopic (exact) mass is 419 g/mol. The van der Waals surface area contributed by atoms with Gasteiger partial charge in [0.2, 0.25) is 0 Å². The average Bonchev–Trinajstić information content (AvgIpc) is 3.14. The molecule has 2 aromatic rings. The summed E-state index contributed by atoms with van der Waals surface area (Å²) < 4.78 is 0. The summed E-state index contributed by atoms with van der Waals surface area (Å²) in [5.74, 6) is -0.302. The topological polar surface area (TPSA) is 75.5 Å². The van der Waals surface area contributed by atoms with Crippen LogP contribution in [0.25, 0.3) is 0 Å². The second kappa shape index (κ2) is 9.41. The number of rotatable bonds is 7. The molecular formula is C20H22ClN3O3S. The van der Waals surface area contributed by atoms with Crippen LogP contribution in [0.2, 0.25) is 5.02 Å². The van der Waals surface area contributed by atoms with Crippen molar-refractivity contribution < 1.29 is 9.72 Å². The maximum Gasteiger partial charge on any atom is 0.284 e. The zero-order valence-corrected chi connectivity index (χ0v) is 17.1. The van der Waals surface area contributed by atoms with Gasteiger partial charge in [-0.2, -0.15) is 0 Å². The van der Waals surface area contributed by atoms with Crippen molar-refractivity contribution >= 4 is 35.0 Å². The molecule has 0 aliphatic carbocycles. The Morgan fingerprint density at radius 2 is 2.18 bits per heavy atom. The Morgan fingerprint density at radius 3 is 2.89 bits per heavy atom. The lowest BCUT2D eigenvalue weighted by Gasteiger charge is -2.23. The van der Waals surface area contributed by atoms with Crippen molar-refractivity contribution in [3.63, 3.8) is 0 Å². The normalized spacial score (nSPS) is 16.9. The molecule has 8 heteroatoms. The van der Waals surface area contributed by atoms with Crippen molar-refractivity contribution in [1.29, 1.82) is 0 Å². The molecule has 3 rings (SSSR count). The highest BCUT2D eigenvalue weighted by Gasteiger charge is 2.24. The number of halogens is 1. The summed E-state index contributed by atoms with van der Waals surface area (Å²) >= 11 is 7.23. The van der Waals surface area contributed by atoms with Crippen molar-refractivity contribution in [2.24, 2.45) is 0 Å². The van der Waals surface area contributed by atoms with Crippen LogP contribution >= 0.6 is 23.4 Å². The van der Waals surface area contributed by atoms with Crippen LogP contribution in [-0.2, 0) is 0 Å². The number of carbonyl (C=O) groups excluding carboxylic acids is 1. The lowest BCUT2D eigenvalue weighted by Crippen LogP contribution is -2.40. The molecule has 0 spiro atoms. The molecule has 0 saturated carbocycles.